The first kappa shape index (κ1) is 7.43. The van der Waals surface area contributed by atoms with E-state index in [1.54, 1.807) is 7.11 Å². The number of hydrogen-bond donors (Lipinski definition) is 1. The van der Waals surface area contributed by atoms with Crippen molar-refractivity contribution in [2.45, 2.75) is 13.0 Å². The monoisotopic (exact) mass is 159 g/mol. The van der Waals surface area contributed by atoms with Gasteiger partial charge in [-0.1, -0.05) is 11.3 Å². The molecule has 0 bridgehead atoms. The predicted molar refractivity (Wildman–Crippen MR) is 39.7 cm³/mol. The van der Waals surface area contributed by atoms with Crippen LogP contribution in [0.25, 0.3) is 0 Å². The van der Waals surface area contributed by atoms with Gasteiger partial charge in [-0.15, -0.1) is 10.2 Å². The van der Waals surface area contributed by atoms with Crippen LogP contribution in [0.3, 0.4) is 0 Å². The van der Waals surface area contributed by atoms with Crippen molar-refractivity contribution in [3.63, 3.8) is 0 Å². The summed E-state index contributed by atoms with van der Waals surface area (Å²) in [5.74, 6) is 0. The van der Waals surface area contributed by atoms with Gasteiger partial charge in [0.1, 0.15) is 11.1 Å². The van der Waals surface area contributed by atoms with Gasteiger partial charge in [-0.25, -0.2) is 0 Å². The minimum Gasteiger partial charge on any atom is -0.374 e. The zero-order chi connectivity index (χ0) is 7.56. The van der Waals surface area contributed by atoms with E-state index >= 15 is 0 Å². The SMILES string of the molecule is CO[C@@H](C)c1nnc(N)s1. The lowest BCUT2D eigenvalue weighted by Crippen LogP contribution is -1.93. The predicted octanol–water partition coefficient (Wildman–Crippen LogP) is 0.828. The number of rotatable bonds is 2. The summed E-state index contributed by atoms with van der Waals surface area (Å²) in [6.07, 6.45) is -0.00481. The van der Waals surface area contributed by atoms with Gasteiger partial charge in [0.15, 0.2) is 0 Å². The van der Waals surface area contributed by atoms with Crippen molar-refractivity contribution in [3.8, 4) is 0 Å². The molecule has 0 aromatic carbocycles. The molecule has 56 valence electrons. The zero-order valence-corrected chi connectivity index (χ0v) is 6.68. The van der Waals surface area contributed by atoms with Crippen molar-refractivity contribution in [2.75, 3.05) is 12.8 Å². The van der Waals surface area contributed by atoms with E-state index in [0.29, 0.717) is 5.13 Å². The lowest BCUT2D eigenvalue weighted by Gasteiger charge is -2.01. The standard InChI is InChI=1S/C5H9N3OS/c1-3(9-2)4-7-8-5(6)10-4/h3H,1-2H3,(H2,6,8)/t3-/m0/s1. The van der Waals surface area contributed by atoms with Gasteiger partial charge in [0.2, 0.25) is 5.13 Å². The first-order valence-corrected chi connectivity index (χ1v) is 3.67. The molecule has 1 heterocycles. The van der Waals surface area contributed by atoms with Gasteiger partial charge in [0, 0.05) is 7.11 Å². The van der Waals surface area contributed by atoms with Crippen LogP contribution in [0.5, 0.6) is 0 Å². The summed E-state index contributed by atoms with van der Waals surface area (Å²) in [6.45, 7) is 1.90. The van der Waals surface area contributed by atoms with Crippen molar-refractivity contribution in [2.24, 2.45) is 0 Å². The number of nitrogen functional groups attached to an aromatic ring is 1. The van der Waals surface area contributed by atoms with Gasteiger partial charge < -0.3 is 10.5 Å². The minimum atomic E-state index is -0.00481. The Hall–Kier alpha value is -0.680. The normalized spacial score (nSPS) is 13.4. The van der Waals surface area contributed by atoms with Crippen LogP contribution in [0.1, 0.15) is 18.0 Å². The summed E-state index contributed by atoms with van der Waals surface area (Å²) in [6, 6.07) is 0. The molecule has 0 amide bonds. The number of nitrogens with two attached hydrogens (primary N) is 1. The Bertz CT molecular complexity index is 212. The van der Waals surface area contributed by atoms with Gasteiger partial charge in [0.25, 0.3) is 0 Å². The number of methoxy groups -OCH3 is 1. The highest BCUT2D eigenvalue weighted by Gasteiger charge is 2.08. The van der Waals surface area contributed by atoms with E-state index in [4.69, 9.17) is 10.5 Å². The van der Waals surface area contributed by atoms with E-state index in [-0.39, 0.29) is 6.10 Å². The molecule has 5 heteroatoms. The Morgan fingerprint density at radius 2 is 2.30 bits per heavy atom. The van der Waals surface area contributed by atoms with Crippen LogP contribution in [-0.2, 0) is 4.74 Å². The maximum absolute atomic E-state index is 5.36. The highest BCUT2D eigenvalue weighted by Crippen LogP contribution is 2.20. The molecule has 0 aliphatic carbocycles. The summed E-state index contributed by atoms with van der Waals surface area (Å²) in [5.41, 5.74) is 5.36. The zero-order valence-electron chi connectivity index (χ0n) is 5.87. The molecular formula is C5H9N3OS. The van der Waals surface area contributed by atoms with Gasteiger partial charge in [-0.2, -0.15) is 0 Å². The van der Waals surface area contributed by atoms with Gasteiger partial charge in [-0.3, -0.25) is 0 Å². The molecule has 0 saturated carbocycles. The second-order valence-electron chi connectivity index (χ2n) is 1.86. The molecule has 0 radical (unpaired) electrons. The van der Waals surface area contributed by atoms with Crippen LogP contribution >= 0.6 is 11.3 Å². The topological polar surface area (TPSA) is 61.0 Å². The Kier molecular flexibility index (Phi) is 2.18. The van der Waals surface area contributed by atoms with E-state index in [9.17, 15) is 0 Å². The van der Waals surface area contributed by atoms with Gasteiger partial charge >= 0.3 is 0 Å². The number of nitrogens with zero attached hydrogens (tertiary/aromatic N) is 2. The molecule has 4 nitrogen and oxygen atoms in total. The van der Waals surface area contributed by atoms with Gasteiger partial charge in [-0.05, 0) is 6.92 Å². The lowest BCUT2D eigenvalue weighted by molar-refractivity contribution is 0.118. The van der Waals surface area contributed by atoms with E-state index in [1.165, 1.54) is 11.3 Å². The average Bonchev–Trinajstić information content (AvgIpc) is 2.34. The fraction of sp³-hybridized carbons (Fsp3) is 0.600. The number of aromatic nitrogens is 2. The first-order valence-electron chi connectivity index (χ1n) is 2.85. The van der Waals surface area contributed by atoms with E-state index in [1.807, 2.05) is 6.92 Å². The van der Waals surface area contributed by atoms with Crippen molar-refractivity contribution >= 4 is 16.5 Å². The Morgan fingerprint density at radius 1 is 1.60 bits per heavy atom. The molecule has 0 fully saturated rings. The quantitative estimate of drug-likeness (QED) is 0.694. The summed E-state index contributed by atoms with van der Waals surface area (Å²) < 4.78 is 5.00. The smallest absolute Gasteiger partial charge is 0.203 e. The maximum Gasteiger partial charge on any atom is 0.203 e. The highest BCUT2D eigenvalue weighted by atomic mass is 32.1. The van der Waals surface area contributed by atoms with Crippen molar-refractivity contribution in [1.29, 1.82) is 0 Å². The molecule has 0 aliphatic rings. The Balaban J connectivity index is 2.74. The summed E-state index contributed by atoms with van der Waals surface area (Å²) in [7, 11) is 1.63. The molecule has 1 rings (SSSR count). The fourth-order valence-electron chi connectivity index (χ4n) is 0.512. The van der Waals surface area contributed by atoms with Crippen LogP contribution in [0.4, 0.5) is 5.13 Å². The molecule has 2 N–H and O–H groups in total. The van der Waals surface area contributed by atoms with E-state index in [2.05, 4.69) is 10.2 Å². The molecule has 0 unspecified atom stereocenters. The van der Waals surface area contributed by atoms with Crippen LogP contribution in [0.2, 0.25) is 0 Å². The van der Waals surface area contributed by atoms with Crippen molar-refractivity contribution in [1.82, 2.24) is 10.2 Å². The van der Waals surface area contributed by atoms with Crippen molar-refractivity contribution in [3.05, 3.63) is 5.01 Å². The largest absolute Gasteiger partial charge is 0.374 e. The number of hydrogen-bond acceptors (Lipinski definition) is 5. The average molecular weight is 159 g/mol. The highest BCUT2D eigenvalue weighted by molar-refractivity contribution is 7.15. The minimum absolute atomic E-state index is 0.00481. The molecule has 10 heavy (non-hydrogen) atoms. The maximum atomic E-state index is 5.36. The number of ether oxygens (including phenoxy) is 1. The molecular weight excluding hydrogens is 150 g/mol. The molecule has 1 aromatic heterocycles. The molecule has 0 aliphatic heterocycles. The molecule has 1 aromatic rings. The first-order chi connectivity index (χ1) is 4.74. The van der Waals surface area contributed by atoms with Crippen LogP contribution in [0.15, 0.2) is 0 Å². The number of anilines is 1. The van der Waals surface area contributed by atoms with Crippen LogP contribution in [0, 0.1) is 0 Å². The third-order valence-electron chi connectivity index (χ3n) is 1.16. The lowest BCUT2D eigenvalue weighted by atomic mass is 10.4. The van der Waals surface area contributed by atoms with Crippen LogP contribution < -0.4 is 5.73 Å². The third-order valence-corrected chi connectivity index (χ3v) is 2.07. The van der Waals surface area contributed by atoms with Gasteiger partial charge in [0.05, 0.1) is 0 Å². The summed E-state index contributed by atoms with van der Waals surface area (Å²) in [4.78, 5) is 0. The molecule has 0 spiro atoms. The Morgan fingerprint density at radius 3 is 2.70 bits per heavy atom. The molecule has 1 atom stereocenters. The fourth-order valence-corrected chi connectivity index (χ4v) is 1.15. The second-order valence-corrected chi connectivity index (χ2v) is 2.90. The Labute approximate surface area is 63.0 Å². The van der Waals surface area contributed by atoms with Crippen molar-refractivity contribution < 1.29 is 4.74 Å². The summed E-state index contributed by atoms with van der Waals surface area (Å²) in [5, 5.41) is 8.76. The van der Waals surface area contributed by atoms with E-state index in [0.717, 1.165) is 5.01 Å². The molecule has 0 saturated heterocycles. The summed E-state index contributed by atoms with van der Waals surface area (Å²) >= 11 is 1.35. The van der Waals surface area contributed by atoms with E-state index < -0.39 is 0 Å². The second kappa shape index (κ2) is 2.94. The van der Waals surface area contributed by atoms with Crippen LogP contribution in [-0.4, -0.2) is 17.3 Å². The third kappa shape index (κ3) is 1.43.